The lowest BCUT2D eigenvalue weighted by Crippen LogP contribution is -2.30. The molecule has 7 heteroatoms. The van der Waals surface area contributed by atoms with Crippen molar-refractivity contribution in [2.45, 2.75) is 12.5 Å². The molecule has 0 aromatic heterocycles. The fraction of sp³-hybridized carbons (Fsp3) is 0.364. The van der Waals surface area contributed by atoms with Gasteiger partial charge in [0.05, 0.1) is 11.0 Å². The maximum Gasteiger partial charge on any atom is 0.282 e. The van der Waals surface area contributed by atoms with Crippen LogP contribution in [0.3, 0.4) is 0 Å². The van der Waals surface area contributed by atoms with Gasteiger partial charge in [-0.2, -0.15) is 0 Å². The van der Waals surface area contributed by atoms with Gasteiger partial charge in [-0.25, -0.2) is 0 Å². The summed E-state index contributed by atoms with van der Waals surface area (Å²) in [5, 5.41) is 20.5. The van der Waals surface area contributed by atoms with Crippen LogP contribution in [0.4, 0.5) is 5.69 Å². The number of hydrogen-bond donors (Lipinski definition) is 1. The molecule has 6 nitrogen and oxygen atoms in total. The van der Waals surface area contributed by atoms with Gasteiger partial charge < -0.3 is 10.0 Å². The molecule has 1 saturated heterocycles. The van der Waals surface area contributed by atoms with Gasteiger partial charge in [-0.3, -0.25) is 14.9 Å². The first kappa shape index (κ1) is 12.8. The normalized spacial score (nSPS) is 19.0. The largest absolute Gasteiger partial charge is 0.391 e. The quantitative estimate of drug-likeness (QED) is 0.651. The van der Waals surface area contributed by atoms with Gasteiger partial charge in [0.2, 0.25) is 0 Å². The summed E-state index contributed by atoms with van der Waals surface area (Å²) in [7, 11) is 0. The Morgan fingerprint density at radius 1 is 1.56 bits per heavy atom. The minimum Gasteiger partial charge on any atom is -0.391 e. The number of hydrogen-bond acceptors (Lipinski definition) is 4. The Hall–Kier alpha value is -1.66. The number of nitrogens with zero attached hydrogens (tertiary/aromatic N) is 2. The van der Waals surface area contributed by atoms with Crippen molar-refractivity contribution in [2.75, 3.05) is 13.1 Å². The molecule has 18 heavy (non-hydrogen) atoms. The average molecular weight is 271 g/mol. The van der Waals surface area contributed by atoms with E-state index in [4.69, 9.17) is 11.6 Å². The maximum atomic E-state index is 12.1. The summed E-state index contributed by atoms with van der Waals surface area (Å²) in [6, 6.07) is 3.87. The summed E-state index contributed by atoms with van der Waals surface area (Å²) in [6.07, 6.45) is -0.0766. The summed E-state index contributed by atoms with van der Waals surface area (Å²) in [4.78, 5) is 23.8. The summed E-state index contributed by atoms with van der Waals surface area (Å²) in [6.45, 7) is 0.589. The number of aliphatic hydroxyl groups is 1. The minimum atomic E-state index is -0.615. The number of rotatable bonds is 2. The Bertz CT molecular complexity index is 506. The van der Waals surface area contributed by atoms with E-state index in [9.17, 15) is 20.0 Å². The number of halogens is 1. The average Bonchev–Trinajstić information content (AvgIpc) is 2.74. The number of amides is 1. The fourth-order valence-electron chi connectivity index (χ4n) is 1.94. The number of benzene rings is 1. The van der Waals surface area contributed by atoms with Crippen LogP contribution in [0.15, 0.2) is 18.2 Å². The van der Waals surface area contributed by atoms with Crippen molar-refractivity contribution in [1.29, 1.82) is 0 Å². The molecule has 0 aliphatic carbocycles. The lowest BCUT2D eigenvalue weighted by Gasteiger charge is -2.15. The predicted octanol–water partition coefficient (Wildman–Crippen LogP) is 1.46. The van der Waals surface area contributed by atoms with Crippen LogP contribution in [0.2, 0.25) is 5.02 Å². The Balaban J connectivity index is 2.34. The first-order chi connectivity index (χ1) is 8.49. The molecule has 1 aromatic carbocycles. The van der Waals surface area contributed by atoms with E-state index in [1.807, 2.05) is 0 Å². The van der Waals surface area contributed by atoms with Gasteiger partial charge in [0.15, 0.2) is 0 Å². The van der Waals surface area contributed by atoms with E-state index in [-0.39, 0.29) is 22.8 Å². The molecule has 1 atom stereocenters. The Morgan fingerprint density at radius 2 is 2.28 bits per heavy atom. The van der Waals surface area contributed by atoms with Gasteiger partial charge in [0.25, 0.3) is 11.6 Å². The lowest BCUT2D eigenvalue weighted by atomic mass is 10.1. The number of carbonyl (C=O) groups excluding carboxylic acids is 1. The van der Waals surface area contributed by atoms with Gasteiger partial charge >= 0.3 is 0 Å². The highest BCUT2D eigenvalue weighted by molar-refractivity contribution is 6.31. The molecular formula is C11H11ClN2O4. The molecule has 0 radical (unpaired) electrons. The first-order valence-electron chi connectivity index (χ1n) is 5.40. The third-order valence-corrected chi connectivity index (χ3v) is 3.07. The van der Waals surface area contributed by atoms with Crippen molar-refractivity contribution in [3.63, 3.8) is 0 Å². The molecule has 1 aliphatic heterocycles. The number of nitro benzene ring substituents is 1. The molecule has 1 fully saturated rings. The Labute approximate surface area is 108 Å². The van der Waals surface area contributed by atoms with Crippen molar-refractivity contribution in [1.82, 2.24) is 4.90 Å². The summed E-state index contributed by atoms with van der Waals surface area (Å²) in [5.74, 6) is -0.472. The van der Waals surface area contributed by atoms with E-state index in [0.717, 1.165) is 0 Å². The van der Waals surface area contributed by atoms with Crippen LogP contribution in [-0.4, -0.2) is 40.0 Å². The second-order valence-electron chi connectivity index (χ2n) is 4.11. The van der Waals surface area contributed by atoms with Crippen molar-refractivity contribution in [3.8, 4) is 0 Å². The van der Waals surface area contributed by atoms with E-state index in [1.165, 1.54) is 23.1 Å². The molecule has 1 unspecified atom stereocenters. The van der Waals surface area contributed by atoms with Gasteiger partial charge in [0.1, 0.15) is 5.56 Å². The standard InChI is InChI=1S/C11H11ClN2O4/c12-7-1-2-10(14(17)18)9(5-7)11(16)13-4-3-8(15)6-13/h1-2,5,8,15H,3-4,6H2. The molecule has 1 aromatic rings. The number of β-amino-alcohol motifs (C(OH)–C–C–N with tert-alkyl or cyclic N) is 1. The minimum absolute atomic E-state index is 0.0402. The molecule has 2 rings (SSSR count). The second kappa shape index (κ2) is 4.91. The number of carbonyl (C=O) groups is 1. The smallest absolute Gasteiger partial charge is 0.282 e. The molecule has 0 saturated carbocycles. The van der Waals surface area contributed by atoms with Crippen LogP contribution in [0.25, 0.3) is 0 Å². The van der Waals surface area contributed by atoms with E-state index < -0.39 is 16.9 Å². The Morgan fingerprint density at radius 3 is 2.83 bits per heavy atom. The van der Waals surface area contributed by atoms with Gasteiger partial charge in [0, 0.05) is 24.2 Å². The molecule has 1 N–H and O–H groups in total. The van der Waals surface area contributed by atoms with Crippen LogP contribution >= 0.6 is 11.6 Å². The predicted molar refractivity (Wildman–Crippen MR) is 64.6 cm³/mol. The molecular weight excluding hydrogens is 260 g/mol. The van der Waals surface area contributed by atoms with Crippen molar-refractivity contribution in [3.05, 3.63) is 38.9 Å². The van der Waals surface area contributed by atoms with Crippen LogP contribution in [0, 0.1) is 10.1 Å². The van der Waals surface area contributed by atoms with E-state index >= 15 is 0 Å². The molecule has 1 amide bonds. The highest BCUT2D eigenvalue weighted by Crippen LogP contribution is 2.25. The molecule has 1 heterocycles. The summed E-state index contributed by atoms with van der Waals surface area (Å²) < 4.78 is 0. The summed E-state index contributed by atoms with van der Waals surface area (Å²) in [5.41, 5.74) is -0.313. The van der Waals surface area contributed by atoms with Crippen molar-refractivity contribution < 1.29 is 14.8 Å². The zero-order valence-corrected chi connectivity index (χ0v) is 10.1. The van der Waals surface area contributed by atoms with E-state index in [0.29, 0.717) is 13.0 Å². The lowest BCUT2D eigenvalue weighted by molar-refractivity contribution is -0.385. The van der Waals surface area contributed by atoms with Crippen molar-refractivity contribution >= 4 is 23.2 Å². The molecule has 0 bridgehead atoms. The third kappa shape index (κ3) is 2.44. The van der Waals surface area contributed by atoms with E-state index in [1.54, 1.807) is 0 Å². The number of nitro groups is 1. The topological polar surface area (TPSA) is 83.7 Å². The first-order valence-corrected chi connectivity index (χ1v) is 5.78. The highest BCUT2D eigenvalue weighted by atomic mass is 35.5. The zero-order valence-electron chi connectivity index (χ0n) is 9.38. The van der Waals surface area contributed by atoms with Gasteiger partial charge in [-0.15, -0.1) is 0 Å². The highest BCUT2D eigenvalue weighted by Gasteiger charge is 2.29. The number of aliphatic hydroxyl groups excluding tert-OH is 1. The Kier molecular flexibility index (Phi) is 3.49. The van der Waals surface area contributed by atoms with Gasteiger partial charge in [-0.05, 0) is 18.6 Å². The van der Waals surface area contributed by atoms with Crippen molar-refractivity contribution in [2.24, 2.45) is 0 Å². The van der Waals surface area contributed by atoms with Crippen LogP contribution in [-0.2, 0) is 0 Å². The molecule has 1 aliphatic rings. The summed E-state index contributed by atoms with van der Waals surface area (Å²) >= 11 is 5.76. The van der Waals surface area contributed by atoms with Gasteiger partial charge in [-0.1, -0.05) is 11.6 Å². The zero-order chi connectivity index (χ0) is 13.3. The monoisotopic (exact) mass is 270 g/mol. The third-order valence-electron chi connectivity index (χ3n) is 2.84. The van der Waals surface area contributed by atoms with E-state index in [2.05, 4.69) is 0 Å². The van der Waals surface area contributed by atoms with Crippen LogP contribution < -0.4 is 0 Å². The molecule has 0 spiro atoms. The van der Waals surface area contributed by atoms with Crippen LogP contribution in [0.1, 0.15) is 16.8 Å². The SMILES string of the molecule is O=C(c1cc(Cl)ccc1[N+](=O)[O-])N1CCC(O)C1. The number of likely N-dealkylation sites (tertiary alicyclic amines) is 1. The molecule has 96 valence electrons. The fourth-order valence-corrected chi connectivity index (χ4v) is 2.11. The maximum absolute atomic E-state index is 12.1. The van der Waals surface area contributed by atoms with Crippen LogP contribution in [0.5, 0.6) is 0 Å². The second-order valence-corrected chi connectivity index (χ2v) is 4.55.